The number of sulfonamides is 1. The lowest BCUT2D eigenvalue weighted by Crippen LogP contribution is -2.45. The van der Waals surface area contributed by atoms with Crippen molar-refractivity contribution in [2.75, 3.05) is 25.4 Å². The van der Waals surface area contributed by atoms with Gasteiger partial charge in [0.15, 0.2) is 0 Å². The van der Waals surface area contributed by atoms with E-state index in [0.717, 1.165) is 0 Å². The molecule has 1 heterocycles. The summed E-state index contributed by atoms with van der Waals surface area (Å²) in [4.78, 5) is 11.8. The minimum atomic E-state index is -3.14. The maximum Gasteiger partial charge on any atom is 0.223 e. The summed E-state index contributed by atoms with van der Waals surface area (Å²) in [6, 6.07) is -0.255. The summed E-state index contributed by atoms with van der Waals surface area (Å²) >= 11 is 0. The van der Waals surface area contributed by atoms with Crippen molar-refractivity contribution in [1.82, 2.24) is 9.62 Å². The van der Waals surface area contributed by atoms with Crippen LogP contribution in [0.5, 0.6) is 0 Å². The number of carbonyl (C=O) groups is 1. The lowest BCUT2D eigenvalue weighted by Gasteiger charge is -2.30. The van der Waals surface area contributed by atoms with Gasteiger partial charge in [-0.25, -0.2) is 12.7 Å². The molecule has 0 aromatic rings. The number of nitrogens with one attached hydrogen (secondary N) is 1. The Balaban J connectivity index is 2.47. The fourth-order valence-corrected chi connectivity index (χ4v) is 3.12. The van der Waals surface area contributed by atoms with Crippen molar-refractivity contribution >= 4 is 15.9 Å². The van der Waals surface area contributed by atoms with Crippen molar-refractivity contribution in [2.45, 2.75) is 32.7 Å². The Morgan fingerprint density at radius 2 is 2.00 bits per heavy atom. The quantitative estimate of drug-likeness (QED) is 0.713. The van der Waals surface area contributed by atoms with Crippen LogP contribution < -0.4 is 5.32 Å². The van der Waals surface area contributed by atoms with Crippen LogP contribution in [0.15, 0.2) is 0 Å². The topological polar surface area (TPSA) is 86.7 Å². The molecule has 2 N–H and O–H groups in total. The van der Waals surface area contributed by atoms with Gasteiger partial charge in [-0.15, -0.1) is 0 Å². The molecule has 0 aromatic carbocycles. The molecule has 0 bridgehead atoms. The predicted octanol–water partition coefficient (Wildman–Crippen LogP) is -0.455. The largest absolute Gasteiger partial charge is 0.394 e. The van der Waals surface area contributed by atoms with E-state index in [1.54, 1.807) is 13.8 Å². The Bertz CT molecular complexity index is 375. The molecule has 0 spiro atoms. The smallest absolute Gasteiger partial charge is 0.223 e. The van der Waals surface area contributed by atoms with Gasteiger partial charge in [0.25, 0.3) is 0 Å². The zero-order valence-corrected chi connectivity index (χ0v) is 11.7. The highest BCUT2D eigenvalue weighted by atomic mass is 32.2. The average molecular weight is 278 g/mol. The van der Waals surface area contributed by atoms with Crippen LogP contribution >= 0.6 is 0 Å². The Labute approximate surface area is 108 Å². The molecular formula is C11H22N2O4S. The first kappa shape index (κ1) is 15.4. The molecule has 1 saturated heterocycles. The first-order chi connectivity index (χ1) is 8.40. The fraction of sp³-hybridized carbons (Fsp3) is 0.909. The third-order valence-corrected chi connectivity index (χ3v) is 5.13. The first-order valence-electron chi connectivity index (χ1n) is 6.29. The molecule has 1 aliphatic heterocycles. The van der Waals surface area contributed by atoms with Crippen molar-refractivity contribution in [3.8, 4) is 0 Å². The number of hydrogen-bond acceptors (Lipinski definition) is 4. The Morgan fingerprint density at radius 3 is 2.44 bits per heavy atom. The van der Waals surface area contributed by atoms with E-state index in [1.807, 2.05) is 0 Å². The Morgan fingerprint density at radius 1 is 1.44 bits per heavy atom. The van der Waals surface area contributed by atoms with Gasteiger partial charge in [0, 0.05) is 25.0 Å². The van der Waals surface area contributed by atoms with Gasteiger partial charge < -0.3 is 10.4 Å². The van der Waals surface area contributed by atoms with E-state index < -0.39 is 10.0 Å². The van der Waals surface area contributed by atoms with Crippen LogP contribution in [0, 0.1) is 5.92 Å². The minimum Gasteiger partial charge on any atom is -0.394 e. The summed E-state index contributed by atoms with van der Waals surface area (Å²) in [5.41, 5.74) is 0. The molecule has 1 fully saturated rings. The SMILES string of the molecule is CCS(=O)(=O)N1CCC(C(=O)NC(C)CO)CC1. The van der Waals surface area contributed by atoms with E-state index in [0.29, 0.717) is 25.9 Å². The van der Waals surface area contributed by atoms with Crippen LogP contribution in [0.2, 0.25) is 0 Å². The van der Waals surface area contributed by atoms with E-state index in [4.69, 9.17) is 5.11 Å². The standard InChI is InChI=1S/C11H22N2O4S/c1-3-18(16,17)13-6-4-10(5-7-13)11(15)12-9(2)8-14/h9-10,14H,3-8H2,1-2H3,(H,12,15). The number of amides is 1. The lowest BCUT2D eigenvalue weighted by atomic mass is 9.97. The molecule has 0 radical (unpaired) electrons. The summed E-state index contributed by atoms with van der Waals surface area (Å²) in [6.45, 7) is 4.07. The number of rotatable bonds is 5. The average Bonchev–Trinajstić information content (AvgIpc) is 2.38. The van der Waals surface area contributed by atoms with Crippen LogP contribution in [-0.2, 0) is 14.8 Å². The Hall–Kier alpha value is -0.660. The number of piperidine rings is 1. The highest BCUT2D eigenvalue weighted by Gasteiger charge is 2.30. The molecule has 7 heteroatoms. The molecule has 1 aliphatic rings. The van der Waals surface area contributed by atoms with Crippen LogP contribution in [0.4, 0.5) is 0 Å². The maximum atomic E-state index is 11.8. The highest BCUT2D eigenvalue weighted by molar-refractivity contribution is 7.89. The number of aliphatic hydroxyl groups is 1. The molecule has 6 nitrogen and oxygen atoms in total. The second-order valence-corrected chi connectivity index (χ2v) is 6.92. The molecule has 18 heavy (non-hydrogen) atoms. The monoisotopic (exact) mass is 278 g/mol. The van der Waals surface area contributed by atoms with Crippen molar-refractivity contribution in [1.29, 1.82) is 0 Å². The van der Waals surface area contributed by atoms with Crippen molar-refractivity contribution in [2.24, 2.45) is 5.92 Å². The predicted molar refractivity (Wildman–Crippen MR) is 68.4 cm³/mol. The van der Waals surface area contributed by atoms with E-state index >= 15 is 0 Å². The summed E-state index contributed by atoms with van der Waals surface area (Å²) in [6.07, 6.45) is 1.09. The molecule has 0 saturated carbocycles. The summed E-state index contributed by atoms with van der Waals surface area (Å²) in [7, 11) is -3.14. The highest BCUT2D eigenvalue weighted by Crippen LogP contribution is 2.20. The van der Waals surface area contributed by atoms with Gasteiger partial charge in [0.1, 0.15) is 0 Å². The molecular weight excluding hydrogens is 256 g/mol. The van der Waals surface area contributed by atoms with Gasteiger partial charge in [-0.05, 0) is 26.7 Å². The molecule has 1 rings (SSSR count). The van der Waals surface area contributed by atoms with Gasteiger partial charge in [-0.3, -0.25) is 4.79 Å². The number of aliphatic hydroxyl groups excluding tert-OH is 1. The zero-order valence-electron chi connectivity index (χ0n) is 10.9. The number of nitrogens with zero attached hydrogens (tertiary/aromatic N) is 1. The second-order valence-electron chi connectivity index (χ2n) is 4.67. The third kappa shape index (κ3) is 3.93. The van der Waals surface area contributed by atoms with Gasteiger partial charge in [0.2, 0.25) is 15.9 Å². The van der Waals surface area contributed by atoms with Crippen LogP contribution in [0.25, 0.3) is 0 Å². The molecule has 1 atom stereocenters. The third-order valence-electron chi connectivity index (χ3n) is 3.25. The van der Waals surface area contributed by atoms with Crippen LogP contribution in [-0.4, -0.2) is 55.2 Å². The van der Waals surface area contributed by atoms with Gasteiger partial charge >= 0.3 is 0 Å². The Kier molecular flexibility index (Phi) is 5.55. The van der Waals surface area contributed by atoms with Crippen molar-refractivity contribution < 1.29 is 18.3 Å². The maximum absolute atomic E-state index is 11.8. The molecule has 1 unspecified atom stereocenters. The van der Waals surface area contributed by atoms with Crippen LogP contribution in [0.3, 0.4) is 0 Å². The van der Waals surface area contributed by atoms with E-state index in [1.165, 1.54) is 4.31 Å². The molecule has 0 aliphatic carbocycles. The summed E-state index contributed by atoms with van der Waals surface area (Å²) in [5.74, 6) is -0.141. The lowest BCUT2D eigenvalue weighted by molar-refractivity contribution is -0.127. The molecule has 1 amide bonds. The number of carbonyl (C=O) groups excluding carboxylic acids is 1. The van der Waals surface area contributed by atoms with Gasteiger partial charge in [0.05, 0.1) is 12.4 Å². The first-order valence-corrected chi connectivity index (χ1v) is 7.90. The summed E-state index contributed by atoms with van der Waals surface area (Å²) < 4.78 is 24.7. The number of hydrogen-bond donors (Lipinski definition) is 2. The normalized spacial score (nSPS) is 20.6. The molecule has 106 valence electrons. The van der Waals surface area contributed by atoms with E-state index in [-0.39, 0.29) is 30.2 Å². The zero-order chi connectivity index (χ0) is 13.8. The fourth-order valence-electron chi connectivity index (χ4n) is 1.99. The second kappa shape index (κ2) is 6.49. The van der Waals surface area contributed by atoms with Gasteiger partial charge in [-0.2, -0.15) is 0 Å². The summed E-state index contributed by atoms with van der Waals surface area (Å²) in [5, 5.41) is 11.6. The van der Waals surface area contributed by atoms with Crippen LogP contribution in [0.1, 0.15) is 26.7 Å². The molecule has 0 aromatic heterocycles. The van der Waals surface area contributed by atoms with E-state index in [2.05, 4.69) is 5.32 Å². The van der Waals surface area contributed by atoms with Gasteiger partial charge in [-0.1, -0.05) is 0 Å². The minimum absolute atomic E-state index is 0.0885. The van der Waals surface area contributed by atoms with Crippen molar-refractivity contribution in [3.63, 3.8) is 0 Å². The van der Waals surface area contributed by atoms with E-state index in [9.17, 15) is 13.2 Å². The van der Waals surface area contributed by atoms with Crippen molar-refractivity contribution in [3.05, 3.63) is 0 Å².